The van der Waals surface area contributed by atoms with Crippen molar-refractivity contribution in [2.24, 2.45) is 5.41 Å². The second kappa shape index (κ2) is 14.3. The van der Waals surface area contributed by atoms with Gasteiger partial charge in [0.05, 0.1) is 7.11 Å². The van der Waals surface area contributed by atoms with Crippen molar-refractivity contribution >= 4 is 23.2 Å². The minimum Gasteiger partial charge on any atom is -0.453 e. The fourth-order valence-corrected chi connectivity index (χ4v) is 5.72. The number of Topliss-reactive ketones (excluding diaryl/α,β-unsaturated/α-hetero) is 1. The number of carbonyl (C=O) groups excluding carboxylic acids is 2. The largest absolute Gasteiger partial charge is 0.453 e. The summed E-state index contributed by atoms with van der Waals surface area (Å²) in [5.41, 5.74) is 2.17. The quantitative estimate of drug-likeness (QED) is 0.201. The number of aryl methyl sites for hydroxylation is 2. The van der Waals surface area contributed by atoms with Crippen molar-refractivity contribution in [1.82, 2.24) is 5.32 Å². The van der Waals surface area contributed by atoms with Crippen LogP contribution in [0.2, 0.25) is 0 Å². The SMILES string of the molecule is CCCCCCc1csc(CC(C)(C)C(=O)c2c(C)cc(C(C)CC/C=C/NC(=O)OC)oc2=O)c1C. The Hall–Kier alpha value is -2.67. The molecular weight excluding hydrogens is 486 g/mol. The number of allylic oxidation sites excluding steroid dienone is 1. The van der Waals surface area contributed by atoms with E-state index in [1.54, 1.807) is 18.3 Å². The van der Waals surface area contributed by atoms with Gasteiger partial charge in [0.1, 0.15) is 11.3 Å². The number of hydrogen-bond acceptors (Lipinski definition) is 6. The first kappa shape index (κ1) is 30.6. The average molecular weight is 530 g/mol. The van der Waals surface area contributed by atoms with Crippen molar-refractivity contribution in [3.8, 4) is 0 Å². The van der Waals surface area contributed by atoms with E-state index in [0.29, 0.717) is 24.2 Å². The highest BCUT2D eigenvalue weighted by atomic mass is 32.1. The van der Waals surface area contributed by atoms with Crippen LogP contribution in [0.4, 0.5) is 4.79 Å². The number of methoxy groups -OCH3 is 1. The molecule has 2 aromatic rings. The molecule has 1 amide bonds. The van der Waals surface area contributed by atoms with Crippen LogP contribution >= 0.6 is 11.3 Å². The molecule has 0 saturated heterocycles. The number of ketones is 1. The van der Waals surface area contributed by atoms with Gasteiger partial charge in [0.15, 0.2) is 5.78 Å². The molecule has 0 aliphatic heterocycles. The second-order valence-electron chi connectivity index (χ2n) is 10.5. The molecule has 2 heterocycles. The van der Waals surface area contributed by atoms with E-state index in [0.717, 1.165) is 12.8 Å². The number of carbonyl (C=O) groups is 2. The summed E-state index contributed by atoms with van der Waals surface area (Å²) in [6.07, 6.45) is 10.9. The molecular formula is C30H43NO5S. The Morgan fingerprint density at radius 3 is 2.59 bits per heavy atom. The van der Waals surface area contributed by atoms with Gasteiger partial charge in [-0.15, -0.1) is 11.3 Å². The van der Waals surface area contributed by atoms with E-state index in [2.05, 4.69) is 29.3 Å². The Bertz CT molecular complexity index is 1140. The van der Waals surface area contributed by atoms with Crippen LogP contribution in [-0.4, -0.2) is 19.0 Å². The Labute approximate surface area is 225 Å². The molecule has 0 bridgehead atoms. The van der Waals surface area contributed by atoms with E-state index < -0.39 is 17.1 Å². The van der Waals surface area contributed by atoms with Crippen molar-refractivity contribution < 1.29 is 18.7 Å². The lowest BCUT2D eigenvalue weighted by Gasteiger charge is -2.23. The smallest absolute Gasteiger partial charge is 0.410 e. The summed E-state index contributed by atoms with van der Waals surface area (Å²) in [6, 6.07) is 1.82. The summed E-state index contributed by atoms with van der Waals surface area (Å²) in [5.74, 6) is 0.371. The highest BCUT2D eigenvalue weighted by Crippen LogP contribution is 2.33. The second-order valence-corrected chi connectivity index (χ2v) is 11.5. The van der Waals surface area contributed by atoms with Crippen LogP contribution in [0.25, 0.3) is 0 Å². The molecule has 0 radical (unpaired) electrons. The first-order chi connectivity index (χ1) is 17.5. The van der Waals surface area contributed by atoms with Crippen LogP contribution in [-0.2, 0) is 17.6 Å². The molecule has 1 unspecified atom stereocenters. The predicted octanol–water partition coefficient (Wildman–Crippen LogP) is 7.65. The Morgan fingerprint density at radius 2 is 1.95 bits per heavy atom. The van der Waals surface area contributed by atoms with Crippen molar-refractivity contribution in [2.45, 2.75) is 98.8 Å². The van der Waals surface area contributed by atoms with E-state index in [4.69, 9.17) is 4.42 Å². The van der Waals surface area contributed by atoms with E-state index in [9.17, 15) is 14.4 Å². The number of thiophene rings is 1. The molecule has 2 aromatic heterocycles. The first-order valence-corrected chi connectivity index (χ1v) is 14.1. The van der Waals surface area contributed by atoms with Crippen LogP contribution in [0.5, 0.6) is 0 Å². The van der Waals surface area contributed by atoms with Gasteiger partial charge in [0, 0.05) is 22.4 Å². The minimum absolute atomic E-state index is 0.0177. The van der Waals surface area contributed by atoms with Gasteiger partial charge in [-0.05, 0) is 74.1 Å². The third-order valence-corrected chi connectivity index (χ3v) is 8.05. The minimum atomic E-state index is -0.723. The van der Waals surface area contributed by atoms with E-state index in [-0.39, 0.29) is 17.3 Å². The van der Waals surface area contributed by atoms with Crippen LogP contribution in [0.1, 0.15) is 110 Å². The lowest BCUT2D eigenvalue weighted by molar-refractivity contribution is 0.0832. The van der Waals surface area contributed by atoms with Gasteiger partial charge in [-0.2, -0.15) is 0 Å². The topological polar surface area (TPSA) is 85.6 Å². The molecule has 37 heavy (non-hydrogen) atoms. The van der Waals surface area contributed by atoms with Gasteiger partial charge in [0.25, 0.3) is 0 Å². The number of amides is 1. The lowest BCUT2D eigenvalue weighted by atomic mass is 9.79. The zero-order valence-electron chi connectivity index (χ0n) is 23.5. The fraction of sp³-hybridized carbons (Fsp3) is 0.567. The molecule has 204 valence electrons. The van der Waals surface area contributed by atoms with Gasteiger partial charge in [0.2, 0.25) is 0 Å². The maximum atomic E-state index is 13.6. The molecule has 0 aliphatic rings. The Morgan fingerprint density at radius 1 is 1.22 bits per heavy atom. The molecule has 0 aromatic carbocycles. The summed E-state index contributed by atoms with van der Waals surface area (Å²) in [5, 5.41) is 4.71. The molecule has 6 nitrogen and oxygen atoms in total. The fourth-order valence-electron chi connectivity index (χ4n) is 4.39. The Balaban J connectivity index is 2.09. The summed E-state index contributed by atoms with van der Waals surface area (Å²) >= 11 is 1.72. The highest BCUT2D eigenvalue weighted by Gasteiger charge is 2.34. The maximum Gasteiger partial charge on any atom is 0.410 e. The van der Waals surface area contributed by atoms with Crippen LogP contribution in [0, 0.1) is 19.3 Å². The van der Waals surface area contributed by atoms with Gasteiger partial charge in [-0.25, -0.2) is 9.59 Å². The Kier molecular flexibility index (Phi) is 11.8. The van der Waals surface area contributed by atoms with Crippen molar-refractivity contribution in [3.63, 3.8) is 0 Å². The molecule has 1 N–H and O–H groups in total. The lowest BCUT2D eigenvalue weighted by Crippen LogP contribution is -2.32. The first-order valence-electron chi connectivity index (χ1n) is 13.3. The predicted molar refractivity (Wildman–Crippen MR) is 151 cm³/mol. The van der Waals surface area contributed by atoms with Crippen molar-refractivity contribution in [1.29, 1.82) is 0 Å². The number of alkyl carbamates (subject to hydrolysis) is 1. The third-order valence-electron chi connectivity index (χ3n) is 6.91. The zero-order valence-corrected chi connectivity index (χ0v) is 24.3. The highest BCUT2D eigenvalue weighted by molar-refractivity contribution is 7.10. The molecule has 2 rings (SSSR count). The molecule has 1 atom stereocenters. The van der Waals surface area contributed by atoms with E-state index >= 15 is 0 Å². The van der Waals surface area contributed by atoms with Crippen LogP contribution in [0.15, 0.2) is 32.9 Å². The molecule has 0 aliphatic carbocycles. The average Bonchev–Trinajstić information content (AvgIpc) is 3.18. The zero-order chi connectivity index (χ0) is 27.6. The summed E-state index contributed by atoms with van der Waals surface area (Å²) in [4.78, 5) is 38.8. The number of nitrogens with one attached hydrogen (secondary N) is 1. The summed E-state index contributed by atoms with van der Waals surface area (Å²) in [7, 11) is 1.31. The van der Waals surface area contributed by atoms with Crippen LogP contribution in [0.3, 0.4) is 0 Å². The van der Waals surface area contributed by atoms with Gasteiger partial charge < -0.3 is 9.15 Å². The van der Waals surface area contributed by atoms with Gasteiger partial charge in [-0.3, -0.25) is 10.1 Å². The number of ether oxygens (including phenoxy) is 1. The van der Waals surface area contributed by atoms with Crippen LogP contribution < -0.4 is 10.9 Å². The summed E-state index contributed by atoms with van der Waals surface area (Å²) < 4.78 is 10.1. The van der Waals surface area contributed by atoms with Crippen molar-refractivity contribution in [2.75, 3.05) is 7.11 Å². The summed E-state index contributed by atoms with van der Waals surface area (Å²) in [6.45, 7) is 12.0. The number of rotatable bonds is 14. The molecule has 0 saturated carbocycles. The van der Waals surface area contributed by atoms with E-state index in [1.165, 1.54) is 55.0 Å². The van der Waals surface area contributed by atoms with Gasteiger partial charge in [-0.1, -0.05) is 53.0 Å². The molecule has 7 heteroatoms. The number of hydrogen-bond donors (Lipinski definition) is 1. The maximum absolute atomic E-state index is 13.6. The normalized spacial score (nSPS) is 12.6. The molecule has 0 fully saturated rings. The number of unbranched alkanes of at least 4 members (excludes halogenated alkanes) is 3. The van der Waals surface area contributed by atoms with Crippen molar-refractivity contribution in [3.05, 3.63) is 67.0 Å². The van der Waals surface area contributed by atoms with E-state index in [1.807, 2.05) is 32.9 Å². The monoisotopic (exact) mass is 529 g/mol. The molecule has 0 spiro atoms. The standard InChI is InChI=1S/C30H43NO5S/c1-8-9-10-11-15-23-19-37-25(22(23)4)18-30(5,6)27(32)26-21(3)17-24(36-28(26)33)20(2)14-12-13-16-31-29(34)35-7/h13,16-17,19-20H,8-12,14-15,18H2,1-7H3,(H,31,34)/b16-13+. The third kappa shape index (κ3) is 8.70. The van der Waals surface area contributed by atoms with Gasteiger partial charge >= 0.3 is 11.7 Å².